The van der Waals surface area contributed by atoms with Crippen LogP contribution in [-0.4, -0.2) is 28.5 Å². The number of carboxylic acid groups (broad SMARTS) is 1. The highest BCUT2D eigenvalue weighted by Crippen LogP contribution is 2.25. The highest BCUT2D eigenvalue weighted by atomic mass is 16.4. The number of nitrogens with one attached hydrogen (secondary N) is 1. The molecule has 0 aliphatic heterocycles. The number of aromatic nitrogens is 1. The molecule has 0 fully saturated rings. The molecule has 100 valence electrons. The summed E-state index contributed by atoms with van der Waals surface area (Å²) >= 11 is 0. The highest BCUT2D eigenvalue weighted by Gasteiger charge is 2.35. The summed E-state index contributed by atoms with van der Waals surface area (Å²) in [7, 11) is 0. The molecular weight excluding hydrogens is 236 g/mol. The molecular formula is C12H18N2O4. The van der Waals surface area contributed by atoms with Gasteiger partial charge in [0.05, 0.1) is 11.1 Å². The quantitative estimate of drug-likeness (QED) is 0.804. The number of rotatable bonds is 6. The molecule has 0 bridgehead atoms. The molecule has 1 amide bonds. The molecule has 0 radical (unpaired) electrons. The van der Waals surface area contributed by atoms with Crippen LogP contribution >= 0.6 is 0 Å². The van der Waals surface area contributed by atoms with Gasteiger partial charge in [0, 0.05) is 6.54 Å². The Hall–Kier alpha value is -1.85. The number of aliphatic carboxylic acids is 1. The normalized spacial score (nSPS) is 11.3. The monoisotopic (exact) mass is 254 g/mol. The first-order valence-corrected chi connectivity index (χ1v) is 5.88. The Labute approximate surface area is 105 Å². The van der Waals surface area contributed by atoms with E-state index in [4.69, 9.17) is 4.42 Å². The maximum absolute atomic E-state index is 11.8. The number of aryl methyl sites for hydroxylation is 1. The molecule has 0 atom stereocenters. The van der Waals surface area contributed by atoms with Gasteiger partial charge in [-0.25, -0.2) is 4.98 Å². The maximum Gasteiger partial charge on any atom is 0.311 e. The van der Waals surface area contributed by atoms with E-state index in [-0.39, 0.29) is 12.3 Å². The number of hydrogen-bond acceptors (Lipinski definition) is 4. The summed E-state index contributed by atoms with van der Waals surface area (Å²) in [6.07, 6.45) is 2.09. The number of amides is 1. The van der Waals surface area contributed by atoms with Crippen molar-refractivity contribution in [2.24, 2.45) is 5.41 Å². The standard InChI is InChI=1S/C12H18N2O4/c1-4-12(5-2,11(16)17)6-13-10(15)9-8(3)14-7-18-9/h7H,4-6H2,1-3H3,(H,13,15)(H,16,17). The van der Waals surface area contributed by atoms with Crippen molar-refractivity contribution < 1.29 is 19.1 Å². The summed E-state index contributed by atoms with van der Waals surface area (Å²) in [5.74, 6) is -1.21. The van der Waals surface area contributed by atoms with Gasteiger partial charge in [-0.3, -0.25) is 9.59 Å². The SMILES string of the molecule is CCC(CC)(CNC(=O)c1ocnc1C)C(=O)O. The van der Waals surface area contributed by atoms with Gasteiger partial charge in [0.2, 0.25) is 5.76 Å². The summed E-state index contributed by atoms with van der Waals surface area (Å²) in [5.41, 5.74) is -0.440. The van der Waals surface area contributed by atoms with E-state index in [1.807, 2.05) is 0 Å². The van der Waals surface area contributed by atoms with E-state index < -0.39 is 17.3 Å². The molecule has 2 N–H and O–H groups in total. The summed E-state index contributed by atoms with van der Waals surface area (Å²) in [6.45, 7) is 5.32. The Morgan fingerprint density at radius 3 is 2.44 bits per heavy atom. The Bertz CT molecular complexity index is 435. The first kappa shape index (κ1) is 14.2. The van der Waals surface area contributed by atoms with E-state index >= 15 is 0 Å². The zero-order chi connectivity index (χ0) is 13.8. The Kier molecular flexibility index (Phi) is 4.47. The molecule has 6 nitrogen and oxygen atoms in total. The largest absolute Gasteiger partial charge is 0.481 e. The van der Waals surface area contributed by atoms with Gasteiger partial charge < -0.3 is 14.8 Å². The van der Waals surface area contributed by atoms with Crippen LogP contribution < -0.4 is 5.32 Å². The molecule has 0 saturated heterocycles. The number of oxazole rings is 1. The zero-order valence-corrected chi connectivity index (χ0v) is 10.8. The Balaban J connectivity index is 2.72. The second kappa shape index (κ2) is 5.66. The van der Waals surface area contributed by atoms with Crippen LogP contribution in [0.4, 0.5) is 0 Å². The van der Waals surface area contributed by atoms with E-state index in [1.54, 1.807) is 20.8 Å². The third kappa shape index (κ3) is 2.69. The first-order chi connectivity index (χ1) is 8.46. The van der Waals surface area contributed by atoms with Crippen LogP contribution in [0, 0.1) is 12.3 Å². The van der Waals surface area contributed by atoms with Gasteiger partial charge in [-0.1, -0.05) is 13.8 Å². The average molecular weight is 254 g/mol. The maximum atomic E-state index is 11.8. The van der Waals surface area contributed by atoms with Crippen molar-refractivity contribution in [3.63, 3.8) is 0 Å². The van der Waals surface area contributed by atoms with Crippen molar-refractivity contribution in [2.45, 2.75) is 33.6 Å². The van der Waals surface area contributed by atoms with Crippen molar-refractivity contribution in [2.75, 3.05) is 6.54 Å². The van der Waals surface area contributed by atoms with Crippen LogP contribution in [-0.2, 0) is 4.79 Å². The smallest absolute Gasteiger partial charge is 0.311 e. The van der Waals surface area contributed by atoms with Crippen LogP contribution in [0.25, 0.3) is 0 Å². The van der Waals surface area contributed by atoms with Crippen LogP contribution in [0.3, 0.4) is 0 Å². The molecule has 0 saturated carbocycles. The third-order valence-electron chi connectivity index (χ3n) is 3.35. The fourth-order valence-electron chi connectivity index (χ4n) is 1.73. The predicted octanol–water partition coefficient (Wildman–Crippen LogP) is 1.60. The predicted molar refractivity (Wildman–Crippen MR) is 64.2 cm³/mol. The molecule has 1 aromatic rings. The van der Waals surface area contributed by atoms with E-state index in [0.717, 1.165) is 0 Å². The molecule has 0 aliphatic rings. The lowest BCUT2D eigenvalue weighted by Gasteiger charge is -2.26. The summed E-state index contributed by atoms with van der Waals surface area (Å²) < 4.78 is 4.95. The topological polar surface area (TPSA) is 92.4 Å². The fraction of sp³-hybridized carbons (Fsp3) is 0.583. The summed E-state index contributed by atoms with van der Waals surface area (Å²) in [4.78, 5) is 26.9. The van der Waals surface area contributed by atoms with Crippen molar-refractivity contribution in [3.8, 4) is 0 Å². The molecule has 0 aliphatic carbocycles. The minimum Gasteiger partial charge on any atom is -0.481 e. The third-order valence-corrected chi connectivity index (χ3v) is 3.35. The number of carbonyl (C=O) groups excluding carboxylic acids is 1. The number of hydrogen-bond donors (Lipinski definition) is 2. The van der Waals surface area contributed by atoms with Gasteiger partial charge >= 0.3 is 5.97 Å². The van der Waals surface area contributed by atoms with E-state index in [1.165, 1.54) is 6.39 Å². The lowest BCUT2D eigenvalue weighted by atomic mass is 9.82. The fourth-order valence-corrected chi connectivity index (χ4v) is 1.73. The van der Waals surface area contributed by atoms with E-state index in [9.17, 15) is 14.7 Å². The molecule has 6 heteroatoms. The molecule has 0 unspecified atom stereocenters. The second-order valence-corrected chi connectivity index (χ2v) is 4.24. The number of carbonyl (C=O) groups is 2. The molecule has 1 heterocycles. The van der Waals surface area contributed by atoms with Gasteiger partial charge in [0.25, 0.3) is 5.91 Å². The lowest BCUT2D eigenvalue weighted by molar-refractivity contribution is -0.149. The molecule has 0 aromatic carbocycles. The first-order valence-electron chi connectivity index (χ1n) is 5.88. The number of nitrogens with zero attached hydrogens (tertiary/aromatic N) is 1. The van der Waals surface area contributed by atoms with Crippen molar-refractivity contribution in [3.05, 3.63) is 17.8 Å². The van der Waals surface area contributed by atoms with Gasteiger partial charge in [-0.05, 0) is 19.8 Å². The van der Waals surface area contributed by atoms with Crippen LogP contribution in [0.15, 0.2) is 10.8 Å². The van der Waals surface area contributed by atoms with E-state index in [0.29, 0.717) is 18.5 Å². The van der Waals surface area contributed by atoms with Crippen molar-refractivity contribution >= 4 is 11.9 Å². The Morgan fingerprint density at radius 2 is 2.06 bits per heavy atom. The molecule has 1 aromatic heterocycles. The minimum atomic E-state index is -0.927. The highest BCUT2D eigenvalue weighted by molar-refractivity contribution is 5.92. The zero-order valence-electron chi connectivity index (χ0n) is 10.8. The van der Waals surface area contributed by atoms with Gasteiger partial charge in [0.15, 0.2) is 6.39 Å². The Morgan fingerprint density at radius 1 is 1.44 bits per heavy atom. The number of carboxylic acids is 1. The van der Waals surface area contributed by atoms with Crippen LogP contribution in [0.5, 0.6) is 0 Å². The molecule has 18 heavy (non-hydrogen) atoms. The van der Waals surface area contributed by atoms with E-state index in [2.05, 4.69) is 10.3 Å². The van der Waals surface area contributed by atoms with Gasteiger partial charge in [-0.15, -0.1) is 0 Å². The average Bonchev–Trinajstić information content (AvgIpc) is 2.77. The summed E-state index contributed by atoms with van der Waals surface area (Å²) in [6, 6.07) is 0. The van der Waals surface area contributed by atoms with Gasteiger partial charge in [0.1, 0.15) is 0 Å². The van der Waals surface area contributed by atoms with Crippen LogP contribution in [0.1, 0.15) is 42.9 Å². The molecule has 0 spiro atoms. The van der Waals surface area contributed by atoms with Crippen molar-refractivity contribution in [1.82, 2.24) is 10.3 Å². The second-order valence-electron chi connectivity index (χ2n) is 4.24. The lowest BCUT2D eigenvalue weighted by Crippen LogP contribution is -2.42. The minimum absolute atomic E-state index is 0.0777. The van der Waals surface area contributed by atoms with Gasteiger partial charge in [-0.2, -0.15) is 0 Å². The van der Waals surface area contributed by atoms with Crippen LogP contribution in [0.2, 0.25) is 0 Å². The summed E-state index contributed by atoms with van der Waals surface area (Å²) in [5, 5.41) is 11.8. The molecule has 1 rings (SSSR count). The van der Waals surface area contributed by atoms with Crippen molar-refractivity contribution in [1.29, 1.82) is 0 Å².